The van der Waals surface area contributed by atoms with Gasteiger partial charge in [-0.2, -0.15) is 0 Å². The zero-order chi connectivity index (χ0) is 4.28. The fourth-order valence-corrected chi connectivity index (χ4v) is 0. The second kappa shape index (κ2) is 2.28. The van der Waals surface area contributed by atoms with Crippen LogP contribution >= 0.6 is 0 Å². The number of nitrogens with two attached hydrogens (primary N) is 1. The summed E-state index contributed by atoms with van der Waals surface area (Å²) in [5.74, 6) is 4.57. The molecule has 0 saturated carbocycles. The van der Waals surface area contributed by atoms with Crippen LogP contribution in [0.1, 0.15) is 0 Å². The van der Waals surface area contributed by atoms with E-state index in [9.17, 15) is 4.79 Å². The zero-order valence-electron chi connectivity index (χ0n) is 2.99. The quantitative estimate of drug-likeness (QED) is 0.160. The monoisotopic (exact) mass is 66.0 g/mol. The number of nitrogens with one attached hydrogen (secondary N) is 1. The summed E-state index contributed by atoms with van der Waals surface area (Å²) in [6.07, 6.45) is 0. The molecule has 0 spiro atoms. The molecule has 0 aromatic rings. The molecule has 0 bridgehead atoms. The first-order valence-corrected chi connectivity index (χ1v) is 1.24. The van der Waals surface area contributed by atoms with Gasteiger partial charge in [-0.3, -0.25) is 0 Å². The molecule has 0 aromatic carbocycles. The molecule has 0 radical (unpaired) electrons. The molecule has 0 heterocycles. The number of hydrogen-bond donors (Lipinski definition) is 2. The molecule has 1 amide bonds. The van der Waals surface area contributed by atoms with Crippen LogP contribution in [-0.2, 0) is 0 Å². The summed E-state index contributed by atoms with van der Waals surface area (Å²) < 4.78 is -0.218. The summed E-state index contributed by atoms with van der Waals surface area (Å²) in [6.45, 7) is 0. The van der Waals surface area contributed by atoms with E-state index in [0.29, 0.717) is 0 Å². The second-order valence-electron chi connectivity index (χ2n) is 0.701. The van der Waals surface area contributed by atoms with Gasteiger partial charge in [0.1, 0.15) is 0 Å². The van der Waals surface area contributed by atoms with Crippen molar-refractivity contribution in [2.75, 3.05) is 0 Å². The molecular weight excluding hydrogens is 63.0 g/mol. The van der Waals surface area contributed by atoms with E-state index < -0.39 is 0 Å². The predicted molar refractivity (Wildman–Crippen MR) is 18.5 cm³/mol. The number of rotatable bonds is 0. The van der Waals surface area contributed by atoms with Gasteiger partial charge in [0, 0.05) is 0 Å². The third-order valence-electron chi connectivity index (χ3n) is 0.203. The molecule has 0 aromatic heterocycles. The Morgan fingerprint density at radius 2 is 2.20 bits per heavy atom. The van der Waals surface area contributed by atoms with Crippen LogP contribution < -0.4 is 11.3 Å². The van der Waals surface area contributed by atoms with Crippen molar-refractivity contribution in [1.29, 1.82) is 0 Å². The summed E-state index contributed by atoms with van der Waals surface area (Å²) in [5.41, 5.74) is 1.89. The maximum absolute atomic E-state index is 9.58. The molecule has 0 saturated heterocycles. The molecule has 0 aliphatic rings. The second-order valence-corrected chi connectivity index (χ2v) is 0.701. The molecule has 0 atom stereocenters. The molecule has 3 N–H and O–H groups in total. The molecule has 0 aliphatic carbocycles. The van der Waals surface area contributed by atoms with Crippen LogP contribution in [0, 0.1) is 0 Å². The van der Waals surface area contributed by atoms with E-state index in [0.717, 1.165) is 0 Å². The number of carbonyl (C=O) groups excluding carboxylic acids is 1. The van der Waals surface area contributed by atoms with Crippen LogP contribution in [-0.4, -0.2) is 22.3 Å². The van der Waals surface area contributed by atoms with Crippen molar-refractivity contribution in [1.82, 2.24) is 5.43 Å². The van der Waals surface area contributed by atoms with E-state index in [4.69, 9.17) is 0 Å². The minimum absolute atomic E-state index is 0.218. The molecule has 24 valence electrons. The Balaban J connectivity index is 2.85. The van der Waals surface area contributed by atoms with Crippen molar-refractivity contribution >= 4 is 22.3 Å². The van der Waals surface area contributed by atoms with E-state index in [2.05, 4.69) is 5.84 Å². The Labute approximate surface area is 39.1 Å². The average molecular weight is 66.0 g/mol. The Hall–Kier alpha value is 0.0274. The van der Waals surface area contributed by atoms with Gasteiger partial charge >= 0.3 is 38.4 Å². The van der Waals surface area contributed by atoms with Gasteiger partial charge in [-0.05, 0) is 0 Å². The van der Waals surface area contributed by atoms with Gasteiger partial charge in [-0.15, -0.1) is 0 Å². The van der Waals surface area contributed by atoms with Gasteiger partial charge in [0.2, 0.25) is 0 Å². The molecule has 0 fully saturated rings. The van der Waals surface area contributed by atoms with Gasteiger partial charge < -0.3 is 0 Å². The SMILES string of the molecule is [Li][C](=O)NN. The van der Waals surface area contributed by atoms with E-state index in [1.165, 1.54) is 17.7 Å². The van der Waals surface area contributed by atoms with E-state index in [1.54, 1.807) is 0 Å². The van der Waals surface area contributed by atoms with Crippen molar-refractivity contribution in [3.05, 3.63) is 0 Å². The van der Waals surface area contributed by atoms with Gasteiger partial charge in [-0.1, -0.05) is 0 Å². The average Bonchev–Trinajstić information content (AvgIpc) is 1.38. The zero-order valence-corrected chi connectivity index (χ0v) is 2.99. The fourth-order valence-electron chi connectivity index (χ4n) is 0. The van der Waals surface area contributed by atoms with Crippen LogP contribution in [0.2, 0.25) is 0 Å². The summed E-state index contributed by atoms with van der Waals surface area (Å²) >= 11 is 1.35. The van der Waals surface area contributed by atoms with Crippen molar-refractivity contribution in [3.63, 3.8) is 0 Å². The molecule has 5 heavy (non-hydrogen) atoms. The first-order valence-electron chi connectivity index (χ1n) is 1.24. The van der Waals surface area contributed by atoms with Gasteiger partial charge in [0.25, 0.3) is 0 Å². The maximum atomic E-state index is 9.58. The van der Waals surface area contributed by atoms with Gasteiger partial charge in [0.15, 0.2) is 0 Å². The summed E-state index contributed by atoms with van der Waals surface area (Å²) in [5, 5.41) is 0. The molecule has 3 nitrogen and oxygen atoms in total. The fraction of sp³-hybridized carbons (Fsp3) is 0. The molecular formula is CH3LiN2O. The molecule has 0 rings (SSSR count). The normalized spacial score (nSPS) is 7.00. The number of carbonyl (C=O) groups is 1. The number of hydrazine groups is 1. The number of hydrogen-bond acceptors (Lipinski definition) is 2. The number of amides is 1. The van der Waals surface area contributed by atoms with E-state index >= 15 is 0 Å². The predicted octanol–water partition coefficient (Wildman–Crippen LogP) is -1.26. The summed E-state index contributed by atoms with van der Waals surface area (Å²) in [7, 11) is 0. The van der Waals surface area contributed by atoms with E-state index in [1.807, 2.05) is 5.43 Å². The first kappa shape index (κ1) is 5.03. The first-order chi connectivity index (χ1) is 2.27. The van der Waals surface area contributed by atoms with Crippen molar-refractivity contribution < 1.29 is 4.79 Å². The van der Waals surface area contributed by atoms with Crippen molar-refractivity contribution in [2.24, 2.45) is 5.84 Å². The Morgan fingerprint density at radius 3 is 2.20 bits per heavy atom. The van der Waals surface area contributed by atoms with Crippen LogP contribution in [0.3, 0.4) is 0 Å². The Kier molecular flexibility index (Phi) is 2.29. The van der Waals surface area contributed by atoms with Crippen LogP contribution in [0.5, 0.6) is 0 Å². The van der Waals surface area contributed by atoms with Crippen molar-refractivity contribution in [2.45, 2.75) is 0 Å². The third kappa shape index (κ3) is 4.03. The van der Waals surface area contributed by atoms with Gasteiger partial charge in [-0.25, -0.2) is 0 Å². The van der Waals surface area contributed by atoms with Crippen molar-refractivity contribution in [3.8, 4) is 0 Å². The van der Waals surface area contributed by atoms with Crippen LogP contribution in [0.4, 0.5) is 4.79 Å². The van der Waals surface area contributed by atoms with Gasteiger partial charge in [0.05, 0.1) is 0 Å². The minimum atomic E-state index is -0.218. The molecule has 4 heteroatoms. The third-order valence-corrected chi connectivity index (χ3v) is 0.203. The summed E-state index contributed by atoms with van der Waals surface area (Å²) in [4.78, 5) is 9.58. The standard InChI is InChI=1S/CH3N2O.Li/c2-3-1-4;/h2H2,(H,3,4);. The summed E-state index contributed by atoms with van der Waals surface area (Å²) in [6, 6.07) is 0. The molecule has 0 unspecified atom stereocenters. The van der Waals surface area contributed by atoms with Crippen LogP contribution in [0.15, 0.2) is 0 Å². The Bertz CT molecular complexity index is 44.9. The molecule has 0 aliphatic heterocycles. The Morgan fingerprint density at radius 1 is 2.00 bits per heavy atom. The van der Waals surface area contributed by atoms with E-state index in [-0.39, 0.29) is 4.58 Å². The van der Waals surface area contributed by atoms with Crippen LogP contribution in [0.25, 0.3) is 0 Å². The topological polar surface area (TPSA) is 55.1 Å².